The fourth-order valence-electron chi connectivity index (χ4n) is 2.44. The lowest BCUT2D eigenvalue weighted by Gasteiger charge is -2.11. The third-order valence-corrected chi connectivity index (χ3v) is 3.84. The SMILES string of the molecule is CCCCCC(C)C(=O)OCc1ccc2ccccc2c1. The summed E-state index contributed by atoms with van der Waals surface area (Å²) in [6.07, 6.45) is 4.38. The second kappa shape index (κ2) is 7.82. The molecule has 2 aromatic carbocycles. The molecule has 0 aliphatic heterocycles. The molecule has 0 N–H and O–H groups in total. The monoisotopic (exact) mass is 284 g/mol. The molecule has 2 nitrogen and oxygen atoms in total. The van der Waals surface area contributed by atoms with Gasteiger partial charge in [-0.3, -0.25) is 4.79 Å². The van der Waals surface area contributed by atoms with E-state index in [0.29, 0.717) is 6.61 Å². The van der Waals surface area contributed by atoms with E-state index in [-0.39, 0.29) is 11.9 Å². The largest absolute Gasteiger partial charge is 0.461 e. The van der Waals surface area contributed by atoms with Crippen LogP contribution in [0.25, 0.3) is 10.8 Å². The Kier molecular flexibility index (Phi) is 5.79. The first-order valence-electron chi connectivity index (χ1n) is 7.85. The zero-order valence-electron chi connectivity index (χ0n) is 13.0. The van der Waals surface area contributed by atoms with E-state index in [0.717, 1.165) is 18.4 Å². The summed E-state index contributed by atoms with van der Waals surface area (Å²) in [5.41, 5.74) is 1.04. The molecule has 0 bridgehead atoms. The second-order valence-corrected chi connectivity index (χ2v) is 5.69. The molecule has 0 spiro atoms. The molecule has 2 rings (SSSR count). The van der Waals surface area contributed by atoms with Crippen LogP contribution in [0.3, 0.4) is 0 Å². The van der Waals surface area contributed by atoms with Crippen molar-refractivity contribution in [2.24, 2.45) is 5.92 Å². The summed E-state index contributed by atoms with van der Waals surface area (Å²) in [7, 11) is 0. The summed E-state index contributed by atoms with van der Waals surface area (Å²) in [5.74, 6) is -0.0868. The highest BCUT2D eigenvalue weighted by Crippen LogP contribution is 2.17. The van der Waals surface area contributed by atoms with Crippen LogP contribution < -0.4 is 0 Å². The van der Waals surface area contributed by atoms with Crippen LogP contribution in [-0.2, 0) is 16.1 Å². The average molecular weight is 284 g/mol. The topological polar surface area (TPSA) is 26.3 Å². The van der Waals surface area contributed by atoms with E-state index < -0.39 is 0 Å². The maximum Gasteiger partial charge on any atom is 0.308 e. The Morgan fingerprint density at radius 1 is 1.10 bits per heavy atom. The third-order valence-electron chi connectivity index (χ3n) is 3.84. The predicted octanol–water partition coefficient (Wildman–Crippen LogP) is 5.10. The highest BCUT2D eigenvalue weighted by atomic mass is 16.5. The van der Waals surface area contributed by atoms with Gasteiger partial charge in [-0.25, -0.2) is 0 Å². The van der Waals surface area contributed by atoms with Gasteiger partial charge in [0.2, 0.25) is 0 Å². The molecule has 0 saturated heterocycles. The number of hydrogen-bond donors (Lipinski definition) is 0. The number of carbonyl (C=O) groups is 1. The van der Waals surface area contributed by atoms with Gasteiger partial charge in [0.1, 0.15) is 6.61 Å². The molecule has 0 aliphatic rings. The first kappa shape index (κ1) is 15.6. The van der Waals surface area contributed by atoms with E-state index in [4.69, 9.17) is 4.74 Å². The Hall–Kier alpha value is -1.83. The summed E-state index contributed by atoms with van der Waals surface area (Å²) in [6, 6.07) is 14.4. The van der Waals surface area contributed by atoms with Crippen LogP contribution >= 0.6 is 0 Å². The van der Waals surface area contributed by atoms with Gasteiger partial charge in [-0.2, -0.15) is 0 Å². The molecule has 2 heteroatoms. The maximum atomic E-state index is 12.0. The molecule has 0 aromatic heterocycles. The van der Waals surface area contributed by atoms with E-state index in [9.17, 15) is 4.79 Å². The molecule has 1 atom stereocenters. The van der Waals surface area contributed by atoms with Crippen molar-refractivity contribution in [2.75, 3.05) is 0 Å². The van der Waals surface area contributed by atoms with Crippen molar-refractivity contribution in [2.45, 2.75) is 46.1 Å². The molecule has 1 unspecified atom stereocenters. The van der Waals surface area contributed by atoms with Gasteiger partial charge in [0.05, 0.1) is 5.92 Å². The summed E-state index contributed by atoms with van der Waals surface area (Å²) in [4.78, 5) is 12.0. The first-order valence-corrected chi connectivity index (χ1v) is 7.85. The Morgan fingerprint density at radius 2 is 1.86 bits per heavy atom. The smallest absolute Gasteiger partial charge is 0.308 e. The quantitative estimate of drug-likeness (QED) is 0.522. The number of carbonyl (C=O) groups excluding carboxylic acids is 1. The summed E-state index contributed by atoms with van der Waals surface area (Å²) < 4.78 is 5.43. The fourth-order valence-corrected chi connectivity index (χ4v) is 2.44. The van der Waals surface area contributed by atoms with Crippen LogP contribution in [0.1, 0.15) is 45.1 Å². The zero-order valence-corrected chi connectivity index (χ0v) is 13.0. The Labute approximate surface area is 127 Å². The molecule has 0 aliphatic carbocycles. The van der Waals surface area contributed by atoms with Crippen molar-refractivity contribution in [3.8, 4) is 0 Å². The van der Waals surface area contributed by atoms with Gasteiger partial charge in [-0.15, -0.1) is 0 Å². The average Bonchev–Trinajstić information content (AvgIpc) is 2.52. The van der Waals surface area contributed by atoms with Crippen molar-refractivity contribution in [3.63, 3.8) is 0 Å². The van der Waals surface area contributed by atoms with Gasteiger partial charge in [0.15, 0.2) is 0 Å². The molecular weight excluding hydrogens is 260 g/mol. The van der Waals surface area contributed by atoms with Crippen LogP contribution in [0, 0.1) is 5.92 Å². The maximum absolute atomic E-state index is 12.0. The zero-order chi connectivity index (χ0) is 15.1. The molecule has 0 fully saturated rings. The van der Waals surface area contributed by atoms with Gasteiger partial charge < -0.3 is 4.74 Å². The van der Waals surface area contributed by atoms with Gasteiger partial charge in [0, 0.05) is 0 Å². The van der Waals surface area contributed by atoms with E-state index in [1.807, 2.05) is 25.1 Å². The van der Waals surface area contributed by atoms with Gasteiger partial charge in [-0.05, 0) is 28.8 Å². The lowest BCUT2D eigenvalue weighted by Crippen LogP contribution is -2.14. The highest BCUT2D eigenvalue weighted by molar-refractivity contribution is 5.83. The molecule has 0 saturated carbocycles. The standard InChI is InChI=1S/C19H24O2/c1-3-4-5-8-15(2)19(20)21-14-16-11-12-17-9-6-7-10-18(17)13-16/h6-7,9-13,15H,3-5,8,14H2,1-2H3. The lowest BCUT2D eigenvalue weighted by molar-refractivity contribution is -0.149. The number of fused-ring (bicyclic) bond motifs is 1. The molecular formula is C19H24O2. The fraction of sp³-hybridized carbons (Fsp3) is 0.421. The molecule has 21 heavy (non-hydrogen) atoms. The third kappa shape index (κ3) is 4.59. The number of esters is 1. The summed E-state index contributed by atoms with van der Waals surface area (Å²) in [6.45, 7) is 4.49. The van der Waals surface area contributed by atoms with E-state index in [2.05, 4.69) is 31.2 Å². The number of rotatable bonds is 7. The number of unbranched alkanes of at least 4 members (excludes halogenated alkanes) is 2. The van der Waals surface area contributed by atoms with Gasteiger partial charge >= 0.3 is 5.97 Å². The lowest BCUT2D eigenvalue weighted by atomic mass is 10.0. The van der Waals surface area contributed by atoms with E-state index in [1.165, 1.54) is 23.6 Å². The summed E-state index contributed by atoms with van der Waals surface area (Å²) >= 11 is 0. The summed E-state index contributed by atoms with van der Waals surface area (Å²) in [5, 5.41) is 2.39. The normalized spacial score (nSPS) is 12.3. The van der Waals surface area contributed by atoms with Crippen LogP contribution in [0.15, 0.2) is 42.5 Å². The number of benzene rings is 2. The molecule has 0 radical (unpaired) electrons. The minimum atomic E-state index is -0.0840. The molecule has 0 heterocycles. The van der Waals surface area contributed by atoms with Crippen molar-refractivity contribution in [1.82, 2.24) is 0 Å². The Balaban J connectivity index is 1.87. The van der Waals surface area contributed by atoms with E-state index >= 15 is 0 Å². The van der Waals surface area contributed by atoms with Crippen LogP contribution in [-0.4, -0.2) is 5.97 Å². The second-order valence-electron chi connectivity index (χ2n) is 5.69. The Morgan fingerprint density at radius 3 is 2.62 bits per heavy atom. The number of ether oxygens (including phenoxy) is 1. The first-order chi connectivity index (χ1) is 10.2. The molecule has 112 valence electrons. The minimum Gasteiger partial charge on any atom is -0.461 e. The van der Waals surface area contributed by atoms with E-state index in [1.54, 1.807) is 0 Å². The Bertz CT molecular complexity index is 589. The van der Waals surface area contributed by atoms with Crippen molar-refractivity contribution in [3.05, 3.63) is 48.0 Å². The minimum absolute atomic E-state index is 0.00277. The predicted molar refractivity (Wildman–Crippen MR) is 87.1 cm³/mol. The van der Waals surface area contributed by atoms with Crippen LogP contribution in [0.2, 0.25) is 0 Å². The number of hydrogen-bond acceptors (Lipinski definition) is 2. The molecule has 2 aromatic rings. The van der Waals surface area contributed by atoms with Crippen LogP contribution in [0.5, 0.6) is 0 Å². The highest BCUT2D eigenvalue weighted by Gasteiger charge is 2.13. The van der Waals surface area contributed by atoms with Crippen molar-refractivity contribution in [1.29, 1.82) is 0 Å². The van der Waals surface area contributed by atoms with Crippen molar-refractivity contribution >= 4 is 16.7 Å². The van der Waals surface area contributed by atoms with Crippen LogP contribution in [0.4, 0.5) is 0 Å². The van der Waals surface area contributed by atoms with Gasteiger partial charge in [-0.1, -0.05) is 69.5 Å². The molecule has 0 amide bonds. The van der Waals surface area contributed by atoms with Crippen molar-refractivity contribution < 1.29 is 9.53 Å². The van der Waals surface area contributed by atoms with Gasteiger partial charge in [0.25, 0.3) is 0 Å².